The monoisotopic (exact) mass is 238 g/mol. The summed E-state index contributed by atoms with van der Waals surface area (Å²) in [5.41, 5.74) is 0.968. The number of hydrogen-bond donors (Lipinski definition) is 1. The number of aliphatic hydroxyl groups is 1. The Bertz CT molecular complexity index is 343. The standard InChI is InChI=1S/C13H22N2O2/c1-10-11(2)17-13(14-10)8-15-7-5-3-4-6-12(15)9-16/h12,16H,3-9H2,1-2H3. The van der Waals surface area contributed by atoms with Crippen LogP contribution in [0.5, 0.6) is 0 Å². The summed E-state index contributed by atoms with van der Waals surface area (Å²) in [7, 11) is 0. The van der Waals surface area contributed by atoms with E-state index in [1.54, 1.807) is 0 Å². The minimum atomic E-state index is 0.235. The molecule has 0 aliphatic carbocycles. The van der Waals surface area contributed by atoms with E-state index in [4.69, 9.17) is 4.42 Å². The molecule has 1 aromatic heterocycles. The Morgan fingerprint density at radius 2 is 2.18 bits per heavy atom. The molecule has 1 aromatic rings. The van der Waals surface area contributed by atoms with Gasteiger partial charge in [-0.3, -0.25) is 4.90 Å². The van der Waals surface area contributed by atoms with Crippen molar-refractivity contribution in [3.8, 4) is 0 Å². The van der Waals surface area contributed by atoms with Gasteiger partial charge in [-0.1, -0.05) is 12.8 Å². The average molecular weight is 238 g/mol. The normalized spacial score (nSPS) is 22.6. The van der Waals surface area contributed by atoms with E-state index in [1.165, 1.54) is 19.3 Å². The Hall–Kier alpha value is -0.870. The number of aliphatic hydroxyl groups excluding tert-OH is 1. The summed E-state index contributed by atoms with van der Waals surface area (Å²) in [6, 6.07) is 0.269. The molecule has 1 aliphatic heterocycles. The zero-order valence-corrected chi connectivity index (χ0v) is 10.8. The molecule has 0 bridgehead atoms. The summed E-state index contributed by atoms with van der Waals surface area (Å²) in [6.07, 6.45) is 4.76. The lowest BCUT2D eigenvalue weighted by Gasteiger charge is -2.26. The van der Waals surface area contributed by atoms with Crippen molar-refractivity contribution in [1.82, 2.24) is 9.88 Å². The lowest BCUT2D eigenvalue weighted by atomic mass is 10.1. The molecule has 2 rings (SSSR count). The Morgan fingerprint density at radius 1 is 1.35 bits per heavy atom. The number of oxazole rings is 1. The minimum absolute atomic E-state index is 0.235. The van der Waals surface area contributed by atoms with Gasteiger partial charge in [0, 0.05) is 6.04 Å². The molecule has 1 saturated heterocycles. The molecular formula is C13H22N2O2. The van der Waals surface area contributed by atoms with Crippen LogP contribution in [0.15, 0.2) is 4.42 Å². The summed E-state index contributed by atoms with van der Waals surface area (Å²) < 4.78 is 5.62. The summed E-state index contributed by atoms with van der Waals surface area (Å²) in [5.74, 6) is 1.68. The maximum atomic E-state index is 9.43. The van der Waals surface area contributed by atoms with Crippen LogP contribution in [0.25, 0.3) is 0 Å². The van der Waals surface area contributed by atoms with Crippen LogP contribution in [0, 0.1) is 13.8 Å². The molecular weight excluding hydrogens is 216 g/mol. The predicted molar refractivity (Wildman–Crippen MR) is 65.7 cm³/mol. The third kappa shape index (κ3) is 3.07. The van der Waals surface area contributed by atoms with Gasteiger partial charge in [0.15, 0.2) is 0 Å². The molecule has 1 N–H and O–H groups in total. The van der Waals surface area contributed by atoms with Crippen LogP contribution in [-0.2, 0) is 6.54 Å². The molecule has 0 saturated carbocycles. The lowest BCUT2D eigenvalue weighted by Crippen LogP contribution is -2.37. The van der Waals surface area contributed by atoms with Crippen molar-refractivity contribution in [3.05, 3.63) is 17.3 Å². The number of nitrogens with zero attached hydrogens (tertiary/aromatic N) is 2. The van der Waals surface area contributed by atoms with Gasteiger partial charge in [-0.2, -0.15) is 0 Å². The number of aromatic nitrogens is 1. The molecule has 96 valence electrons. The molecule has 0 spiro atoms. The summed E-state index contributed by atoms with van der Waals surface area (Å²) >= 11 is 0. The molecule has 4 heteroatoms. The highest BCUT2D eigenvalue weighted by molar-refractivity contribution is 5.05. The van der Waals surface area contributed by atoms with Crippen LogP contribution in [0.4, 0.5) is 0 Å². The van der Waals surface area contributed by atoms with E-state index in [0.717, 1.165) is 36.9 Å². The fourth-order valence-electron chi connectivity index (χ4n) is 2.43. The van der Waals surface area contributed by atoms with Crippen molar-refractivity contribution < 1.29 is 9.52 Å². The fourth-order valence-corrected chi connectivity index (χ4v) is 2.43. The number of hydrogen-bond acceptors (Lipinski definition) is 4. The first-order chi connectivity index (χ1) is 8.20. The van der Waals surface area contributed by atoms with Crippen molar-refractivity contribution in [2.75, 3.05) is 13.2 Å². The fraction of sp³-hybridized carbons (Fsp3) is 0.769. The largest absolute Gasteiger partial charge is 0.444 e. The number of likely N-dealkylation sites (tertiary alicyclic amines) is 1. The van der Waals surface area contributed by atoms with E-state index in [1.807, 2.05) is 13.8 Å². The van der Waals surface area contributed by atoms with Crippen LogP contribution in [0.3, 0.4) is 0 Å². The molecule has 1 fully saturated rings. The van der Waals surface area contributed by atoms with Crippen molar-refractivity contribution in [2.45, 2.75) is 52.1 Å². The number of aryl methyl sites for hydroxylation is 2. The zero-order valence-electron chi connectivity index (χ0n) is 10.8. The Labute approximate surface area is 103 Å². The van der Waals surface area contributed by atoms with E-state index < -0.39 is 0 Å². The first-order valence-corrected chi connectivity index (χ1v) is 6.48. The summed E-state index contributed by atoms with van der Waals surface area (Å²) in [4.78, 5) is 6.72. The van der Waals surface area contributed by atoms with Gasteiger partial charge in [0.25, 0.3) is 0 Å². The van der Waals surface area contributed by atoms with Gasteiger partial charge in [-0.05, 0) is 33.2 Å². The second-order valence-electron chi connectivity index (χ2n) is 4.91. The molecule has 0 aromatic carbocycles. The third-order valence-corrected chi connectivity index (χ3v) is 3.62. The quantitative estimate of drug-likeness (QED) is 0.875. The van der Waals surface area contributed by atoms with E-state index in [0.29, 0.717) is 0 Å². The molecule has 1 unspecified atom stereocenters. The molecule has 0 radical (unpaired) electrons. The maximum absolute atomic E-state index is 9.43. The van der Waals surface area contributed by atoms with Crippen molar-refractivity contribution in [1.29, 1.82) is 0 Å². The summed E-state index contributed by atoms with van der Waals surface area (Å²) in [6.45, 7) is 5.90. The molecule has 4 nitrogen and oxygen atoms in total. The lowest BCUT2D eigenvalue weighted by molar-refractivity contribution is 0.110. The highest BCUT2D eigenvalue weighted by atomic mass is 16.4. The van der Waals surface area contributed by atoms with Gasteiger partial charge in [0.1, 0.15) is 5.76 Å². The van der Waals surface area contributed by atoms with Gasteiger partial charge in [-0.25, -0.2) is 4.98 Å². The van der Waals surface area contributed by atoms with Crippen molar-refractivity contribution >= 4 is 0 Å². The summed E-state index contributed by atoms with van der Waals surface area (Å²) in [5, 5.41) is 9.43. The predicted octanol–water partition coefficient (Wildman–Crippen LogP) is 2.03. The highest BCUT2D eigenvalue weighted by Crippen LogP contribution is 2.19. The second-order valence-corrected chi connectivity index (χ2v) is 4.91. The van der Waals surface area contributed by atoms with Gasteiger partial charge in [-0.15, -0.1) is 0 Å². The highest BCUT2D eigenvalue weighted by Gasteiger charge is 2.22. The van der Waals surface area contributed by atoms with Gasteiger partial charge >= 0.3 is 0 Å². The Morgan fingerprint density at radius 3 is 2.82 bits per heavy atom. The second kappa shape index (κ2) is 5.65. The van der Waals surface area contributed by atoms with Crippen LogP contribution in [0.1, 0.15) is 43.0 Å². The molecule has 1 atom stereocenters. The molecule has 1 aliphatic rings. The first kappa shape index (κ1) is 12.6. The van der Waals surface area contributed by atoms with E-state index in [9.17, 15) is 5.11 Å². The van der Waals surface area contributed by atoms with Crippen molar-refractivity contribution in [2.24, 2.45) is 0 Å². The molecule has 2 heterocycles. The first-order valence-electron chi connectivity index (χ1n) is 6.48. The zero-order chi connectivity index (χ0) is 12.3. The molecule has 17 heavy (non-hydrogen) atoms. The third-order valence-electron chi connectivity index (χ3n) is 3.62. The van der Waals surface area contributed by atoms with Crippen LogP contribution < -0.4 is 0 Å². The SMILES string of the molecule is Cc1nc(CN2CCCCCC2CO)oc1C. The average Bonchev–Trinajstić information content (AvgIpc) is 2.53. The minimum Gasteiger partial charge on any atom is -0.444 e. The van der Waals surface area contributed by atoms with Crippen molar-refractivity contribution in [3.63, 3.8) is 0 Å². The Kier molecular flexibility index (Phi) is 4.18. The maximum Gasteiger partial charge on any atom is 0.208 e. The topological polar surface area (TPSA) is 49.5 Å². The Balaban J connectivity index is 2.04. The van der Waals surface area contributed by atoms with Gasteiger partial charge in [0.2, 0.25) is 5.89 Å². The molecule has 0 amide bonds. The van der Waals surface area contributed by atoms with E-state index in [-0.39, 0.29) is 12.6 Å². The van der Waals surface area contributed by atoms with E-state index in [2.05, 4.69) is 9.88 Å². The number of rotatable bonds is 3. The van der Waals surface area contributed by atoms with Crippen LogP contribution in [-0.4, -0.2) is 34.2 Å². The van der Waals surface area contributed by atoms with E-state index >= 15 is 0 Å². The van der Waals surface area contributed by atoms with Gasteiger partial charge < -0.3 is 9.52 Å². The van der Waals surface area contributed by atoms with Gasteiger partial charge in [0.05, 0.1) is 18.8 Å². The van der Waals surface area contributed by atoms with Crippen LogP contribution >= 0.6 is 0 Å². The van der Waals surface area contributed by atoms with Crippen LogP contribution in [0.2, 0.25) is 0 Å². The smallest absolute Gasteiger partial charge is 0.208 e.